The molecule has 4 aliphatic heterocycles. The third-order valence-corrected chi connectivity index (χ3v) is 12.3. The van der Waals surface area contributed by atoms with Crippen LogP contribution in [0.3, 0.4) is 0 Å². The molecule has 14 nitrogen and oxygen atoms in total. The number of likely N-dealkylation sites (N-methyl/N-ethyl adjacent to an activating group) is 1. The van der Waals surface area contributed by atoms with E-state index in [9.17, 15) is 30.0 Å². The minimum absolute atomic E-state index is 0.140. The highest BCUT2D eigenvalue weighted by Gasteiger charge is 2.56. The van der Waals surface area contributed by atoms with E-state index in [4.69, 9.17) is 33.2 Å². The minimum atomic E-state index is -1.85. The van der Waals surface area contributed by atoms with Gasteiger partial charge in [0.1, 0.15) is 41.4 Å². The first-order valence-corrected chi connectivity index (χ1v) is 18.8. The Hall–Kier alpha value is -1.88. The van der Waals surface area contributed by atoms with E-state index >= 15 is 0 Å². The number of rotatable bonds is 7. The first kappa shape index (κ1) is 42.9. The van der Waals surface area contributed by atoms with Gasteiger partial charge in [-0.2, -0.15) is 0 Å². The molecule has 0 saturated carbocycles. The molecule has 1 amide bonds. The quantitative estimate of drug-likeness (QED) is 0.280. The molecule has 2 bridgehead atoms. The lowest BCUT2D eigenvalue weighted by Crippen LogP contribution is -2.60. The average Bonchev–Trinajstić information content (AvgIpc) is 3.40. The summed E-state index contributed by atoms with van der Waals surface area (Å²) >= 11 is 0. The molecule has 4 N–H and O–H groups in total. The van der Waals surface area contributed by atoms with Crippen molar-refractivity contribution < 1.29 is 63.2 Å². The molecule has 0 unspecified atom stereocenters. The molecular weight excluding hydrogens is 678 g/mol. The van der Waals surface area contributed by atoms with Gasteiger partial charge >= 0.3 is 5.97 Å². The highest BCUT2D eigenvalue weighted by Crippen LogP contribution is 2.47. The van der Waals surface area contributed by atoms with Gasteiger partial charge in [0.25, 0.3) is 0 Å². The minimum Gasteiger partial charge on any atom is -0.489 e. The summed E-state index contributed by atoms with van der Waals surface area (Å²) in [6.45, 7) is 19.0. The van der Waals surface area contributed by atoms with Crippen molar-refractivity contribution in [3.05, 3.63) is 11.3 Å². The molecule has 0 aromatic heterocycles. The van der Waals surface area contributed by atoms with Crippen LogP contribution < -0.4 is 0 Å². The largest absolute Gasteiger partial charge is 0.489 e. The van der Waals surface area contributed by atoms with Crippen LogP contribution in [0, 0.1) is 17.8 Å². The van der Waals surface area contributed by atoms with Gasteiger partial charge in [-0.05, 0) is 66.9 Å². The average molecular weight is 744 g/mol. The number of carbonyl (C=O) groups is 2. The SMILES string of the molecule is CC[C@H]1OC(=O)[C@H](C)[C@@H](O[C@H]2C[C@@](C)(OC)[C@@H](O)[C@H](C)O2)[C@H](C)[C@@H](O[C@@H]2O[C@H](C)C[C@H](N(C)C(C)=O)[C@H]2O)[C@]2(C)CC(C)=C(O2)[C@H](C)[C@@H](O)[C@]1(C)O. The summed E-state index contributed by atoms with van der Waals surface area (Å²) in [5.41, 5.74) is -3.18. The summed E-state index contributed by atoms with van der Waals surface area (Å²) < 4.78 is 44.5. The zero-order valence-corrected chi connectivity index (χ0v) is 33.3. The van der Waals surface area contributed by atoms with E-state index in [2.05, 4.69) is 0 Å². The molecule has 17 atom stereocenters. The highest BCUT2D eigenvalue weighted by atomic mass is 16.7. The number of hydrogen-bond donors (Lipinski definition) is 4. The fourth-order valence-electron chi connectivity index (χ4n) is 8.83. The van der Waals surface area contributed by atoms with Gasteiger partial charge in [0.2, 0.25) is 5.91 Å². The summed E-state index contributed by atoms with van der Waals surface area (Å²) in [7, 11) is 3.14. The Kier molecular flexibility index (Phi) is 13.2. The molecule has 4 rings (SSSR count). The summed E-state index contributed by atoms with van der Waals surface area (Å²) in [5.74, 6) is -2.77. The van der Waals surface area contributed by atoms with Crippen molar-refractivity contribution in [2.24, 2.45) is 17.8 Å². The molecule has 52 heavy (non-hydrogen) atoms. The van der Waals surface area contributed by atoms with E-state index in [1.54, 1.807) is 41.7 Å². The molecule has 0 aliphatic carbocycles. The van der Waals surface area contributed by atoms with E-state index in [1.807, 2.05) is 27.7 Å². The van der Waals surface area contributed by atoms with Gasteiger partial charge in [-0.25, -0.2) is 0 Å². The van der Waals surface area contributed by atoms with Crippen LogP contribution in [0.5, 0.6) is 0 Å². The number of methoxy groups -OCH3 is 1. The Morgan fingerprint density at radius 3 is 2.21 bits per heavy atom. The van der Waals surface area contributed by atoms with Crippen LogP contribution >= 0.6 is 0 Å². The molecule has 0 radical (unpaired) electrons. The molecule has 0 aromatic rings. The van der Waals surface area contributed by atoms with Crippen LogP contribution in [0.1, 0.15) is 102 Å². The molecule has 4 heterocycles. The van der Waals surface area contributed by atoms with Crippen LogP contribution in [-0.4, -0.2) is 136 Å². The smallest absolute Gasteiger partial charge is 0.311 e. The summed E-state index contributed by atoms with van der Waals surface area (Å²) in [5, 5.41) is 46.0. The van der Waals surface area contributed by atoms with Gasteiger partial charge in [-0.15, -0.1) is 0 Å². The first-order valence-electron chi connectivity index (χ1n) is 18.8. The molecule has 4 aliphatic rings. The van der Waals surface area contributed by atoms with Crippen LogP contribution in [0.15, 0.2) is 11.3 Å². The second-order valence-electron chi connectivity index (χ2n) is 16.5. The Morgan fingerprint density at radius 2 is 1.63 bits per heavy atom. The Labute approximate surface area is 309 Å². The predicted molar refractivity (Wildman–Crippen MR) is 188 cm³/mol. The number of nitrogens with zero attached hydrogens (tertiary/aromatic N) is 1. The molecule has 3 saturated heterocycles. The Morgan fingerprint density at radius 1 is 1.00 bits per heavy atom. The Balaban J connectivity index is 1.85. The number of fused-ring (bicyclic) bond motifs is 2. The lowest BCUT2D eigenvalue weighted by molar-refractivity contribution is -0.316. The van der Waals surface area contributed by atoms with Gasteiger partial charge in [0.05, 0.1) is 42.0 Å². The lowest BCUT2D eigenvalue weighted by atomic mass is 9.78. The van der Waals surface area contributed by atoms with Gasteiger partial charge in [-0.3, -0.25) is 9.59 Å². The molecule has 300 valence electrons. The van der Waals surface area contributed by atoms with E-state index in [-0.39, 0.29) is 24.9 Å². The third kappa shape index (κ3) is 8.20. The van der Waals surface area contributed by atoms with Crippen molar-refractivity contribution in [3.63, 3.8) is 0 Å². The van der Waals surface area contributed by atoms with E-state index < -0.39 is 102 Å². The van der Waals surface area contributed by atoms with Gasteiger partial charge in [0.15, 0.2) is 12.6 Å². The number of esters is 1. The number of cyclic esters (lactones) is 1. The second kappa shape index (κ2) is 16.1. The molecule has 14 heteroatoms. The first-order chi connectivity index (χ1) is 24.0. The predicted octanol–water partition coefficient (Wildman–Crippen LogP) is 2.81. The summed E-state index contributed by atoms with van der Waals surface area (Å²) in [4.78, 5) is 28.0. The monoisotopic (exact) mass is 743 g/mol. The Bertz CT molecular complexity index is 1310. The molecule has 3 fully saturated rings. The van der Waals surface area contributed by atoms with Crippen molar-refractivity contribution in [1.29, 1.82) is 0 Å². The lowest BCUT2D eigenvalue weighted by Gasteiger charge is -2.48. The number of aliphatic hydroxyl groups is 4. The van der Waals surface area contributed by atoms with Crippen LogP contribution in [0.4, 0.5) is 0 Å². The summed E-state index contributed by atoms with van der Waals surface area (Å²) in [6, 6.07) is -0.594. The molecule has 0 aromatic carbocycles. The van der Waals surface area contributed by atoms with Gasteiger partial charge in [0, 0.05) is 45.8 Å². The number of amides is 1. The van der Waals surface area contributed by atoms with Gasteiger partial charge < -0.3 is 58.5 Å². The van der Waals surface area contributed by atoms with Crippen molar-refractivity contribution >= 4 is 11.9 Å². The standard InChI is InChI=1S/C38H65NO13/c1-14-26-38(11,45)31(42)20(4)29-18(2)16-37(10,52-29)33(51-35-28(41)25(15-19(3)47-35)39(12)24(8)40)21(5)30(22(6)34(44)49-26)50-27-17-36(9,46-13)32(43)23(7)48-27/h19-23,25-28,30-33,35,41-43,45H,14-17H2,1-13H3/t19-,20+,21+,22-,23+,25+,26-,27+,28-,30+,31-,32+,33-,35+,36-,37+,38-/m1/s1. The number of aliphatic hydroxyl groups excluding tert-OH is 3. The molecule has 0 spiro atoms. The van der Waals surface area contributed by atoms with Crippen LogP contribution in [0.2, 0.25) is 0 Å². The maximum atomic E-state index is 14.1. The van der Waals surface area contributed by atoms with Gasteiger partial charge in [-0.1, -0.05) is 20.8 Å². The fourth-order valence-corrected chi connectivity index (χ4v) is 8.83. The molecular formula is C38H65NO13. The van der Waals surface area contributed by atoms with Crippen molar-refractivity contribution in [2.75, 3.05) is 14.2 Å². The topological polar surface area (TPSA) is 183 Å². The fraction of sp³-hybridized carbons (Fsp3) is 0.895. The maximum Gasteiger partial charge on any atom is 0.311 e. The van der Waals surface area contributed by atoms with Crippen molar-refractivity contribution in [1.82, 2.24) is 4.90 Å². The zero-order valence-electron chi connectivity index (χ0n) is 33.3. The third-order valence-electron chi connectivity index (χ3n) is 12.3. The second-order valence-corrected chi connectivity index (χ2v) is 16.5. The van der Waals surface area contributed by atoms with Crippen LogP contribution in [-0.2, 0) is 42.7 Å². The van der Waals surface area contributed by atoms with E-state index in [0.717, 1.165) is 5.57 Å². The zero-order chi connectivity index (χ0) is 39.2. The van der Waals surface area contributed by atoms with Crippen molar-refractivity contribution in [2.45, 2.75) is 186 Å². The number of hydrogen-bond acceptors (Lipinski definition) is 13. The number of carbonyl (C=O) groups excluding carboxylic acids is 2. The normalized spacial score (nSPS) is 47.8. The summed E-state index contributed by atoms with van der Waals surface area (Å²) in [6.07, 6.45) is -8.60. The van der Waals surface area contributed by atoms with E-state index in [0.29, 0.717) is 18.6 Å². The van der Waals surface area contributed by atoms with Crippen molar-refractivity contribution in [3.8, 4) is 0 Å². The highest BCUT2D eigenvalue weighted by molar-refractivity contribution is 5.73. The van der Waals surface area contributed by atoms with E-state index in [1.165, 1.54) is 25.9 Å². The maximum absolute atomic E-state index is 14.1. The number of ether oxygens (including phenoxy) is 7. The van der Waals surface area contributed by atoms with Crippen LogP contribution in [0.25, 0.3) is 0 Å².